The number of methoxy groups -OCH3 is 2. The second kappa shape index (κ2) is 9.00. The van der Waals surface area contributed by atoms with Gasteiger partial charge in [0.1, 0.15) is 21.5 Å². The lowest BCUT2D eigenvalue weighted by molar-refractivity contribution is 0.416. The van der Waals surface area contributed by atoms with E-state index >= 15 is 0 Å². The summed E-state index contributed by atoms with van der Waals surface area (Å²) >= 11 is 5.89. The van der Waals surface area contributed by atoms with Crippen molar-refractivity contribution in [1.29, 1.82) is 0 Å². The second-order valence-corrected chi connectivity index (χ2v) is 9.76. The molecule has 0 bridgehead atoms. The third-order valence-electron chi connectivity index (χ3n) is 4.09. The van der Waals surface area contributed by atoms with Crippen molar-refractivity contribution in [3.63, 3.8) is 0 Å². The Bertz CT molecular complexity index is 1310. The highest BCUT2D eigenvalue weighted by molar-refractivity contribution is 7.93. The molecule has 0 aliphatic carbocycles. The second-order valence-electron chi connectivity index (χ2n) is 6.07. The van der Waals surface area contributed by atoms with E-state index in [-0.39, 0.29) is 32.1 Å². The molecule has 12 heteroatoms. The summed E-state index contributed by atoms with van der Waals surface area (Å²) in [6.07, 6.45) is 1.35. The topological polar surface area (TPSA) is 124 Å². The fourth-order valence-corrected chi connectivity index (χ4v) is 5.25. The first-order chi connectivity index (χ1) is 14.7. The van der Waals surface area contributed by atoms with Crippen LogP contribution in [0.2, 0.25) is 5.15 Å². The van der Waals surface area contributed by atoms with Gasteiger partial charge in [-0.25, -0.2) is 21.8 Å². The number of benzene rings is 2. The highest BCUT2D eigenvalue weighted by Gasteiger charge is 2.23. The highest BCUT2D eigenvalue weighted by Crippen LogP contribution is 2.32. The van der Waals surface area contributed by atoms with Crippen LogP contribution in [-0.2, 0) is 20.0 Å². The van der Waals surface area contributed by atoms with Gasteiger partial charge < -0.3 is 9.47 Å². The average molecular weight is 484 g/mol. The van der Waals surface area contributed by atoms with E-state index in [1.807, 2.05) is 0 Å². The monoisotopic (exact) mass is 483 g/mol. The zero-order valence-corrected chi connectivity index (χ0v) is 18.8. The standard InChI is InChI=1S/C19H18ClN3O6S2/c1-28-16-7-4-3-6-14(16)22-30(24,25)13-9-10-17(29-2)15(12-13)23-31(26,27)18-8-5-11-21-19(18)20/h3-12,22-23H,1-2H3. The van der Waals surface area contributed by atoms with E-state index in [1.54, 1.807) is 18.2 Å². The molecule has 3 rings (SSSR count). The van der Waals surface area contributed by atoms with Crippen LogP contribution in [-0.4, -0.2) is 36.0 Å². The molecule has 1 aromatic heterocycles. The molecule has 0 atom stereocenters. The summed E-state index contributed by atoms with van der Waals surface area (Å²) in [6.45, 7) is 0. The van der Waals surface area contributed by atoms with Gasteiger partial charge in [-0.05, 0) is 42.5 Å². The molecule has 3 aromatic rings. The third-order valence-corrected chi connectivity index (χ3v) is 7.26. The predicted octanol–water partition coefficient (Wildman–Crippen LogP) is 3.35. The first kappa shape index (κ1) is 22.7. The van der Waals surface area contributed by atoms with Gasteiger partial charge in [-0.1, -0.05) is 23.7 Å². The van der Waals surface area contributed by atoms with Crippen LogP contribution in [0.5, 0.6) is 11.5 Å². The van der Waals surface area contributed by atoms with E-state index in [1.165, 1.54) is 50.7 Å². The van der Waals surface area contributed by atoms with E-state index in [4.69, 9.17) is 21.1 Å². The zero-order valence-electron chi connectivity index (χ0n) is 16.4. The minimum absolute atomic E-state index is 0.0923. The number of hydrogen-bond acceptors (Lipinski definition) is 7. The zero-order chi connectivity index (χ0) is 22.6. The number of rotatable bonds is 8. The molecule has 0 radical (unpaired) electrons. The average Bonchev–Trinajstić information content (AvgIpc) is 2.73. The van der Waals surface area contributed by atoms with E-state index in [0.717, 1.165) is 6.07 Å². The lowest BCUT2D eigenvalue weighted by Crippen LogP contribution is -2.17. The Balaban J connectivity index is 2.00. The summed E-state index contributed by atoms with van der Waals surface area (Å²) in [7, 11) is -5.51. The molecule has 9 nitrogen and oxygen atoms in total. The number of para-hydroxylation sites is 2. The number of anilines is 2. The minimum Gasteiger partial charge on any atom is -0.495 e. The molecular weight excluding hydrogens is 466 g/mol. The molecule has 0 saturated heterocycles. The maximum atomic E-state index is 12.9. The Morgan fingerprint density at radius 2 is 1.45 bits per heavy atom. The van der Waals surface area contributed by atoms with Gasteiger partial charge in [0.25, 0.3) is 20.0 Å². The quantitative estimate of drug-likeness (QED) is 0.471. The lowest BCUT2D eigenvalue weighted by atomic mass is 10.3. The molecule has 0 fully saturated rings. The summed E-state index contributed by atoms with van der Waals surface area (Å²) in [4.78, 5) is 3.28. The van der Waals surface area contributed by atoms with Crippen LogP contribution < -0.4 is 18.9 Å². The smallest absolute Gasteiger partial charge is 0.265 e. The number of hydrogen-bond donors (Lipinski definition) is 2. The molecular formula is C19H18ClN3O6S2. The lowest BCUT2D eigenvalue weighted by Gasteiger charge is -2.15. The van der Waals surface area contributed by atoms with Crippen molar-refractivity contribution in [3.8, 4) is 11.5 Å². The SMILES string of the molecule is COc1ccccc1NS(=O)(=O)c1ccc(OC)c(NS(=O)(=O)c2cccnc2Cl)c1. The third kappa shape index (κ3) is 5.01. The normalized spacial score (nSPS) is 11.6. The van der Waals surface area contributed by atoms with Crippen molar-refractivity contribution in [1.82, 2.24) is 4.98 Å². The first-order valence-electron chi connectivity index (χ1n) is 8.65. The molecule has 0 spiro atoms. The Morgan fingerprint density at radius 1 is 0.806 bits per heavy atom. The van der Waals surface area contributed by atoms with E-state index in [2.05, 4.69) is 14.4 Å². The van der Waals surface area contributed by atoms with E-state index in [9.17, 15) is 16.8 Å². The van der Waals surface area contributed by atoms with Gasteiger partial charge in [-0.2, -0.15) is 0 Å². The number of aromatic nitrogens is 1. The fourth-order valence-electron chi connectivity index (χ4n) is 2.64. The van der Waals surface area contributed by atoms with E-state index < -0.39 is 20.0 Å². The molecule has 31 heavy (non-hydrogen) atoms. The molecule has 0 amide bonds. The molecule has 0 unspecified atom stereocenters. The van der Waals surface area contributed by atoms with Crippen LogP contribution in [0.1, 0.15) is 0 Å². The first-order valence-corrected chi connectivity index (χ1v) is 12.0. The van der Waals surface area contributed by atoms with Gasteiger partial charge in [-0.15, -0.1) is 0 Å². The Kier molecular flexibility index (Phi) is 6.58. The number of halogens is 1. The molecule has 0 saturated carbocycles. The van der Waals surface area contributed by atoms with Gasteiger partial charge in [0, 0.05) is 6.20 Å². The largest absolute Gasteiger partial charge is 0.495 e. The fraction of sp³-hybridized carbons (Fsp3) is 0.105. The summed E-state index contributed by atoms with van der Waals surface area (Å²) in [6, 6.07) is 12.9. The Morgan fingerprint density at radius 3 is 2.13 bits per heavy atom. The van der Waals surface area contributed by atoms with Crippen molar-refractivity contribution >= 4 is 43.0 Å². The van der Waals surface area contributed by atoms with Crippen molar-refractivity contribution in [2.24, 2.45) is 0 Å². The maximum Gasteiger partial charge on any atom is 0.265 e. The predicted molar refractivity (Wildman–Crippen MR) is 117 cm³/mol. The van der Waals surface area contributed by atoms with Gasteiger partial charge in [0.15, 0.2) is 0 Å². The van der Waals surface area contributed by atoms with Crippen LogP contribution in [0.4, 0.5) is 11.4 Å². The molecule has 164 valence electrons. The van der Waals surface area contributed by atoms with Crippen molar-refractivity contribution in [2.45, 2.75) is 9.79 Å². The van der Waals surface area contributed by atoms with Crippen LogP contribution in [0, 0.1) is 0 Å². The number of nitrogens with zero attached hydrogens (tertiary/aromatic N) is 1. The van der Waals surface area contributed by atoms with Gasteiger partial charge in [-0.3, -0.25) is 9.44 Å². The summed E-state index contributed by atoms with van der Waals surface area (Å²) < 4.78 is 66.3. The van der Waals surface area contributed by atoms with Gasteiger partial charge in [0.2, 0.25) is 0 Å². The molecule has 1 heterocycles. The number of ether oxygens (including phenoxy) is 2. The van der Waals surface area contributed by atoms with Gasteiger partial charge >= 0.3 is 0 Å². The molecule has 0 aliphatic heterocycles. The number of nitrogens with one attached hydrogen (secondary N) is 2. The maximum absolute atomic E-state index is 12.9. The minimum atomic E-state index is -4.17. The molecule has 2 aromatic carbocycles. The van der Waals surface area contributed by atoms with Crippen molar-refractivity contribution in [2.75, 3.05) is 23.7 Å². The van der Waals surface area contributed by atoms with Crippen LogP contribution in [0.15, 0.2) is 70.6 Å². The van der Waals surface area contributed by atoms with Crippen molar-refractivity contribution in [3.05, 3.63) is 65.9 Å². The summed E-state index contributed by atoms with van der Waals surface area (Å²) in [5, 5.41) is -0.226. The number of pyridine rings is 1. The highest BCUT2D eigenvalue weighted by atomic mass is 35.5. The molecule has 0 aliphatic rings. The summed E-state index contributed by atoms with van der Waals surface area (Å²) in [5.41, 5.74) is 0.135. The molecule has 2 N–H and O–H groups in total. The Hall–Kier alpha value is -3.02. The summed E-state index contributed by atoms with van der Waals surface area (Å²) in [5.74, 6) is 0.437. The number of sulfonamides is 2. The van der Waals surface area contributed by atoms with Crippen LogP contribution >= 0.6 is 11.6 Å². The van der Waals surface area contributed by atoms with Crippen LogP contribution in [0.3, 0.4) is 0 Å². The van der Waals surface area contributed by atoms with E-state index in [0.29, 0.717) is 5.75 Å². The van der Waals surface area contributed by atoms with Crippen molar-refractivity contribution < 1.29 is 26.3 Å². The van der Waals surface area contributed by atoms with Crippen LogP contribution in [0.25, 0.3) is 0 Å². The Labute approximate surface area is 185 Å². The van der Waals surface area contributed by atoms with Gasteiger partial charge in [0.05, 0.1) is 30.5 Å².